The van der Waals surface area contributed by atoms with Gasteiger partial charge in [-0.1, -0.05) is 18.2 Å². The van der Waals surface area contributed by atoms with Crippen LogP contribution in [0.5, 0.6) is 11.5 Å². The number of piperazine rings is 1. The van der Waals surface area contributed by atoms with Crippen LogP contribution in [0, 0.1) is 0 Å². The maximum absolute atomic E-state index is 13.3. The predicted octanol–water partition coefficient (Wildman–Crippen LogP) is 3.04. The van der Waals surface area contributed by atoms with Gasteiger partial charge < -0.3 is 19.6 Å². The van der Waals surface area contributed by atoms with Crippen molar-refractivity contribution in [2.75, 3.05) is 33.3 Å². The van der Waals surface area contributed by atoms with Crippen LogP contribution in [-0.4, -0.2) is 71.0 Å². The quantitative estimate of drug-likeness (QED) is 0.655. The zero-order valence-electron chi connectivity index (χ0n) is 19.7. The molecule has 0 saturated carbocycles. The van der Waals surface area contributed by atoms with Gasteiger partial charge in [-0.2, -0.15) is 0 Å². The molecule has 1 saturated heterocycles. The molecule has 0 aromatic heterocycles. The number of phenolic OH excluding ortho intramolecular Hbond substituents is 1. The number of carbonyl (C=O) groups is 2. The number of nitrogens with zero attached hydrogens (tertiary/aromatic N) is 3. The fourth-order valence-corrected chi connectivity index (χ4v) is 4.74. The first-order valence-electron chi connectivity index (χ1n) is 11.5. The van der Waals surface area contributed by atoms with Gasteiger partial charge in [0.2, 0.25) is 6.41 Å². The largest absolute Gasteiger partial charge is 0.504 e. The number of fused-ring (bicyclic) bond motifs is 1. The number of amides is 2. The number of methoxy groups -OCH3 is 1. The molecule has 7 heteroatoms. The molecular formula is C26H33N3O4. The number of carbonyl (C=O) groups excluding carboxylic acids is 2. The molecule has 2 aromatic rings. The molecule has 33 heavy (non-hydrogen) atoms. The van der Waals surface area contributed by atoms with Gasteiger partial charge in [0.1, 0.15) is 0 Å². The van der Waals surface area contributed by atoms with Gasteiger partial charge in [0.25, 0.3) is 5.91 Å². The zero-order valence-corrected chi connectivity index (χ0v) is 19.7. The van der Waals surface area contributed by atoms with Crippen molar-refractivity contribution in [2.45, 2.75) is 45.3 Å². The number of benzene rings is 2. The van der Waals surface area contributed by atoms with E-state index >= 15 is 0 Å². The summed E-state index contributed by atoms with van der Waals surface area (Å²) in [6.07, 6.45) is 2.66. The monoisotopic (exact) mass is 451 g/mol. The number of hydrogen-bond acceptors (Lipinski definition) is 5. The second kappa shape index (κ2) is 9.43. The lowest BCUT2D eigenvalue weighted by molar-refractivity contribution is -0.119. The van der Waals surface area contributed by atoms with Crippen LogP contribution in [0.15, 0.2) is 36.4 Å². The number of ether oxygens (including phenoxy) is 1. The first-order valence-corrected chi connectivity index (χ1v) is 11.5. The minimum Gasteiger partial charge on any atom is -0.504 e. The van der Waals surface area contributed by atoms with Crippen molar-refractivity contribution in [1.29, 1.82) is 0 Å². The maximum atomic E-state index is 13.3. The highest BCUT2D eigenvalue weighted by molar-refractivity contribution is 5.96. The van der Waals surface area contributed by atoms with Crippen LogP contribution in [0.25, 0.3) is 0 Å². The number of hydrogen-bond donors (Lipinski definition) is 1. The molecule has 2 aliphatic rings. The van der Waals surface area contributed by atoms with Crippen LogP contribution in [0.1, 0.15) is 47.3 Å². The Morgan fingerprint density at radius 1 is 1.12 bits per heavy atom. The SMILES string of the molecule is COc1cc(CCC(C)(C)N2Cc3cccc(C(=O)N4CCN(C=O)CC4)c3C2)ccc1O. The van der Waals surface area contributed by atoms with Crippen molar-refractivity contribution in [1.82, 2.24) is 14.7 Å². The molecule has 0 atom stereocenters. The number of rotatable bonds is 7. The average molecular weight is 452 g/mol. The Labute approximate surface area is 195 Å². The minimum atomic E-state index is -0.0694. The lowest BCUT2D eigenvalue weighted by Gasteiger charge is -2.36. The van der Waals surface area contributed by atoms with Crippen molar-refractivity contribution >= 4 is 12.3 Å². The van der Waals surface area contributed by atoms with Gasteiger partial charge in [0.05, 0.1) is 7.11 Å². The van der Waals surface area contributed by atoms with Crippen molar-refractivity contribution in [3.63, 3.8) is 0 Å². The minimum absolute atomic E-state index is 0.0632. The van der Waals surface area contributed by atoms with Crippen molar-refractivity contribution < 1.29 is 19.4 Å². The lowest BCUT2D eigenvalue weighted by Crippen LogP contribution is -2.48. The predicted molar refractivity (Wildman–Crippen MR) is 126 cm³/mol. The summed E-state index contributed by atoms with van der Waals surface area (Å²) in [5.74, 6) is 0.713. The summed E-state index contributed by atoms with van der Waals surface area (Å²) in [6, 6.07) is 11.6. The van der Waals surface area contributed by atoms with E-state index in [9.17, 15) is 14.7 Å². The third kappa shape index (κ3) is 4.83. The van der Waals surface area contributed by atoms with Crippen LogP contribution in [0.2, 0.25) is 0 Å². The second-order valence-electron chi connectivity index (χ2n) is 9.55. The van der Waals surface area contributed by atoms with Gasteiger partial charge in [0, 0.05) is 50.4 Å². The third-order valence-corrected chi connectivity index (χ3v) is 7.09. The van der Waals surface area contributed by atoms with Crippen molar-refractivity contribution in [2.24, 2.45) is 0 Å². The van der Waals surface area contributed by atoms with Crippen LogP contribution in [0.4, 0.5) is 0 Å². The van der Waals surface area contributed by atoms with Crippen molar-refractivity contribution in [3.8, 4) is 11.5 Å². The Hall–Kier alpha value is -3.06. The van der Waals surface area contributed by atoms with E-state index in [1.54, 1.807) is 18.1 Å². The Kier molecular flexibility index (Phi) is 6.61. The zero-order chi connectivity index (χ0) is 23.6. The summed E-state index contributed by atoms with van der Waals surface area (Å²) in [5, 5.41) is 9.84. The molecule has 2 aliphatic heterocycles. The van der Waals surface area contributed by atoms with E-state index < -0.39 is 0 Å². The van der Waals surface area contributed by atoms with Crippen LogP contribution in [0.3, 0.4) is 0 Å². The van der Waals surface area contributed by atoms with E-state index in [1.807, 2.05) is 29.2 Å². The summed E-state index contributed by atoms with van der Waals surface area (Å²) >= 11 is 0. The van der Waals surface area contributed by atoms with Crippen LogP contribution < -0.4 is 4.74 Å². The molecule has 7 nitrogen and oxygen atoms in total. The standard InChI is InChI=1S/C26H33N3O4/c1-26(2,10-9-19-7-8-23(31)24(15-19)33-3)29-16-20-5-4-6-21(22(20)17-29)25(32)28-13-11-27(18-30)12-14-28/h4-8,15,18,31H,9-14,16-17H2,1-3H3. The molecule has 2 aromatic carbocycles. The topological polar surface area (TPSA) is 73.3 Å². The molecule has 0 aliphatic carbocycles. The highest BCUT2D eigenvalue weighted by atomic mass is 16.5. The summed E-state index contributed by atoms with van der Waals surface area (Å²) in [5.41, 5.74) is 4.18. The smallest absolute Gasteiger partial charge is 0.254 e. The van der Waals surface area contributed by atoms with Gasteiger partial charge in [0.15, 0.2) is 11.5 Å². The second-order valence-corrected chi connectivity index (χ2v) is 9.55. The van der Waals surface area contributed by atoms with E-state index in [4.69, 9.17) is 4.74 Å². The van der Waals surface area contributed by atoms with Gasteiger partial charge in [-0.3, -0.25) is 14.5 Å². The molecule has 2 amide bonds. The molecule has 0 bridgehead atoms. The van der Waals surface area contributed by atoms with E-state index in [1.165, 1.54) is 5.56 Å². The van der Waals surface area contributed by atoms with Gasteiger partial charge in [-0.05, 0) is 61.6 Å². The van der Waals surface area contributed by atoms with Crippen molar-refractivity contribution in [3.05, 3.63) is 58.7 Å². The molecule has 2 heterocycles. The summed E-state index contributed by atoms with van der Waals surface area (Å²) < 4.78 is 5.24. The maximum Gasteiger partial charge on any atom is 0.254 e. The van der Waals surface area contributed by atoms with Gasteiger partial charge in [-0.25, -0.2) is 0 Å². The van der Waals surface area contributed by atoms with Gasteiger partial charge >= 0.3 is 0 Å². The molecule has 1 N–H and O–H groups in total. The molecule has 4 rings (SSSR count). The third-order valence-electron chi connectivity index (χ3n) is 7.09. The van der Waals surface area contributed by atoms with E-state index in [0.29, 0.717) is 31.9 Å². The van der Waals surface area contributed by atoms with E-state index in [-0.39, 0.29) is 17.2 Å². The Balaban J connectivity index is 1.44. The van der Waals surface area contributed by atoms with Crippen LogP contribution >= 0.6 is 0 Å². The number of aryl methyl sites for hydroxylation is 1. The van der Waals surface area contributed by atoms with E-state index in [0.717, 1.165) is 49.0 Å². The fraction of sp³-hybridized carbons (Fsp3) is 0.462. The lowest BCUT2D eigenvalue weighted by atomic mass is 9.93. The Morgan fingerprint density at radius 3 is 2.58 bits per heavy atom. The molecule has 0 radical (unpaired) electrons. The highest BCUT2D eigenvalue weighted by Gasteiger charge is 2.34. The Bertz CT molecular complexity index is 1030. The molecule has 176 valence electrons. The highest BCUT2D eigenvalue weighted by Crippen LogP contribution is 2.35. The Morgan fingerprint density at radius 2 is 1.88 bits per heavy atom. The first kappa shape index (κ1) is 23.1. The summed E-state index contributed by atoms with van der Waals surface area (Å²) in [7, 11) is 1.56. The van der Waals surface area contributed by atoms with E-state index in [2.05, 4.69) is 24.8 Å². The molecule has 0 unspecified atom stereocenters. The normalized spacial score (nSPS) is 16.6. The fourth-order valence-electron chi connectivity index (χ4n) is 4.74. The molecule has 0 spiro atoms. The first-order chi connectivity index (χ1) is 15.8. The van der Waals surface area contributed by atoms with Crippen LogP contribution in [-0.2, 0) is 24.3 Å². The molecule has 1 fully saturated rings. The summed E-state index contributed by atoms with van der Waals surface area (Å²) in [4.78, 5) is 30.3. The summed E-state index contributed by atoms with van der Waals surface area (Å²) in [6.45, 7) is 8.39. The van der Waals surface area contributed by atoms with Gasteiger partial charge in [-0.15, -0.1) is 0 Å². The molecular weight excluding hydrogens is 418 g/mol. The number of aromatic hydroxyl groups is 1. The average Bonchev–Trinajstić information content (AvgIpc) is 3.29. The number of phenols is 1.